The molecule has 0 fully saturated rings. The first-order valence-electron chi connectivity index (χ1n) is 7.69. The molecule has 0 aliphatic rings. The summed E-state index contributed by atoms with van der Waals surface area (Å²) in [7, 11) is 0. The summed E-state index contributed by atoms with van der Waals surface area (Å²) in [5.74, 6) is 0.393. The number of ether oxygens (including phenoxy) is 1. The third-order valence-corrected chi connectivity index (χ3v) is 3.54. The van der Waals surface area contributed by atoms with E-state index in [9.17, 15) is 14.3 Å². The van der Waals surface area contributed by atoms with Crippen molar-refractivity contribution in [1.82, 2.24) is 5.32 Å². The normalized spacial score (nSPS) is 12.7. The smallest absolute Gasteiger partial charge is 0.287 e. The predicted molar refractivity (Wildman–Crippen MR) is 87.2 cm³/mol. The van der Waals surface area contributed by atoms with Crippen molar-refractivity contribution in [1.29, 1.82) is 0 Å². The summed E-state index contributed by atoms with van der Waals surface area (Å²) in [6.07, 6.45) is -0.655. The van der Waals surface area contributed by atoms with E-state index >= 15 is 0 Å². The van der Waals surface area contributed by atoms with Crippen molar-refractivity contribution in [2.45, 2.75) is 33.5 Å². The number of carbonyl (C=O) groups excluding carboxylic acids is 1. The van der Waals surface area contributed by atoms with E-state index in [1.54, 1.807) is 12.1 Å². The number of hydrogen-bond acceptors (Lipinski definition) is 4. The van der Waals surface area contributed by atoms with Crippen LogP contribution in [0.15, 0.2) is 40.8 Å². The Balaban J connectivity index is 1.85. The quantitative estimate of drug-likeness (QED) is 0.851. The molecule has 0 bridgehead atoms. The summed E-state index contributed by atoms with van der Waals surface area (Å²) in [6.45, 7) is 5.94. The Morgan fingerprint density at radius 1 is 1.25 bits per heavy atom. The van der Waals surface area contributed by atoms with Gasteiger partial charge in [0.1, 0.15) is 23.9 Å². The molecule has 1 aromatic heterocycles. The molecule has 0 aliphatic heterocycles. The van der Waals surface area contributed by atoms with E-state index in [4.69, 9.17) is 9.15 Å². The Morgan fingerprint density at radius 3 is 2.54 bits per heavy atom. The second kappa shape index (κ2) is 7.49. The zero-order valence-corrected chi connectivity index (χ0v) is 14.0. The highest BCUT2D eigenvalue weighted by atomic mass is 19.1. The number of amides is 1. The molecule has 1 amide bonds. The highest BCUT2D eigenvalue weighted by molar-refractivity contribution is 5.91. The van der Waals surface area contributed by atoms with Gasteiger partial charge in [0, 0.05) is 6.54 Å². The fourth-order valence-electron chi connectivity index (χ4n) is 1.85. The molecule has 130 valence electrons. The lowest BCUT2D eigenvalue weighted by molar-refractivity contribution is 0.0578. The fourth-order valence-corrected chi connectivity index (χ4v) is 1.85. The fraction of sp³-hybridized carbons (Fsp3) is 0.389. The lowest BCUT2D eigenvalue weighted by atomic mass is 9.89. The van der Waals surface area contributed by atoms with Gasteiger partial charge in [-0.25, -0.2) is 4.39 Å². The van der Waals surface area contributed by atoms with Crippen molar-refractivity contribution in [3.63, 3.8) is 0 Å². The van der Waals surface area contributed by atoms with Crippen LogP contribution in [0.25, 0.3) is 0 Å². The topological polar surface area (TPSA) is 71.7 Å². The van der Waals surface area contributed by atoms with Gasteiger partial charge in [-0.2, -0.15) is 0 Å². The molecule has 2 rings (SSSR count). The first-order chi connectivity index (χ1) is 11.3. The van der Waals surface area contributed by atoms with Gasteiger partial charge in [-0.15, -0.1) is 0 Å². The molecule has 2 aromatic rings. The molecule has 5 nitrogen and oxygen atoms in total. The predicted octanol–water partition coefficient (Wildman–Crippen LogP) is 3.13. The second-order valence-electron chi connectivity index (χ2n) is 6.60. The van der Waals surface area contributed by atoms with Crippen molar-refractivity contribution in [3.05, 3.63) is 53.7 Å². The summed E-state index contributed by atoms with van der Waals surface area (Å²) in [4.78, 5) is 12.0. The maximum atomic E-state index is 12.8. The Bertz CT molecular complexity index is 673. The monoisotopic (exact) mass is 335 g/mol. The Hall–Kier alpha value is -2.34. The van der Waals surface area contributed by atoms with E-state index in [0.717, 1.165) is 0 Å². The van der Waals surface area contributed by atoms with Crippen LogP contribution in [0.5, 0.6) is 5.75 Å². The van der Waals surface area contributed by atoms with Crippen LogP contribution in [0.3, 0.4) is 0 Å². The highest BCUT2D eigenvalue weighted by Crippen LogP contribution is 2.18. The number of benzene rings is 1. The largest absolute Gasteiger partial charge is 0.486 e. The average molecular weight is 335 g/mol. The Morgan fingerprint density at radius 2 is 1.92 bits per heavy atom. The van der Waals surface area contributed by atoms with Crippen molar-refractivity contribution >= 4 is 5.91 Å². The third-order valence-electron chi connectivity index (χ3n) is 3.54. The van der Waals surface area contributed by atoms with Crippen molar-refractivity contribution in [3.8, 4) is 5.75 Å². The van der Waals surface area contributed by atoms with Gasteiger partial charge in [-0.3, -0.25) is 4.79 Å². The molecule has 1 atom stereocenters. The highest BCUT2D eigenvalue weighted by Gasteiger charge is 2.23. The van der Waals surface area contributed by atoms with Gasteiger partial charge in [0.05, 0.1) is 6.10 Å². The van der Waals surface area contributed by atoms with E-state index in [1.807, 2.05) is 20.8 Å². The Kier molecular flexibility index (Phi) is 5.62. The third kappa shape index (κ3) is 5.09. The van der Waals surface area contributed by atoms with Crippen LogP contribution in [0.2, 0.25) is 0 Å². The summed E-state index contributed by atoms with van der Waals surface area (Å²) >= 11 is 0. The summed E-state index contributed by atoms with van der Waals surface area (Å²) in [6, 6.07) is 8.81. The van der Waals surface area contributed by atoms with Crippen molar-refractivity contribution < 1.29 is 23.4 Å². The number of hydrogen-bond donors (Lipinski definition) is 2. The van der Waals surface area contributed by atoms with Crippen LogP contribution in [0, 0.1) is 11.2 Å². The number of carbonyl (C=O) groups is 1. The molecule has 0 spiro atoms. The van der Waals surface area contributed by atoms with Gasteiger partial charge in [-0.05, 0) is 41.8 Å². The van der Waals surface area contributed by atoms with Crippen LogP contribution in [0.1, 0.15) is 37.1 Å². The van der Waals surface area contributed by atoms with E-state index in [2.05, 4.69) is 5.32 Å². The molecule has 0 aliphatic carbocycles. The number of nitrogens with one attached hydrogen (secondary N) is 1. The van der Waals surface area contributed by atoms with Gasteiger partial charge in [0.15, 0.2) is 5.76 Å². The molecule has 0 saturated carbocycles. The van der Waals surface area contributed by atoms with Crippen LogP contribution in [-0.4, -0.2) is 23.7 Å². The lowest BCUT2D eigenvalue weighted by Crippen LogP contribution is -2.39. The number of rotatable bonds is 6. The van der Waals surface area contributed by atoms with Crippen LogP contribution >= 0.6 is 0 Å². The van der Waals surface area contributed by atoms with E-state index < -0.39 is 12.0 Å². The Labute approximate surface area is 140 Å². The molecule has 0 saturated heterocycles. The van der Waals surface area contributed by atoms with Gasteiger partial charge in [-0.1, -0.05) is 20.8 Å². The van der Waals surface area contributed by atoms with E-state index in [1.165, 1.54) is 24.3 Å². The first kappa shape index (κ1) is 18.0. The zero-order valence-electron chi connectivity index (χ0n) is 14.0. The zero-order chi connectivity index (χ0) is 17.7. The molecule has 24 heavy (non-hydrogen) atoms. The van der Waals surface area contributed by atoms with Crippen molar-refractivity contribution in [2.75, 3.05) is 6.54 Å². The summed E-state index contributed by atoms with van der Waals surface area (Å²) in [5, 5.41) is 12.6. The maximum Gasteiger partial charge on any atom is 0.287 e. The minimum absolute atomic E-state index is 0.129. The summed E-state index contributed by atoms with van der Waals surface area (Å²) in [5.41, 5.74) is -0.315. The molecule has 0 radical (unpaired) electrons. The van der Waals surface area contributed by atoms with Gasteiger partial charge in [0.2, 0.25) is 0 Å². The molecular weight excluding hydrogens is 313 g/mol. The minimum Gasteiger partial charge on any atom is -0.486 e. The van der Waals surface area contributed by atoms with Crippen molar-refractivity contribution in [2.24, 2.45) is 5.41 Å². The van der Waals surface area contributed by atoms with Crippen LogP contribution < -0.4 is 10.1 Å². The molecule has 1 aromatic carbocycles. The number of halogens is 1. The molecule has 1 unspecified atom stereocenters. The van der Waals surface area contributed by atoms with Gasteiger partial charge >= 0.3 is 0 Å². The standard InChI is InChI=1S/C18H22FNO4/c1-18(2,3)16(21)10-20-17(22)15-9-8-14(24-15)11-23-13-6-4-12(19)5-7-13/h4-9,16,21H,10-11H2,1-3H3,(H,20,22). The lowest BCUT2D eigenvalue weighted by Gasteiger charge is -2.25. The molecule has 2 N–H and O–H groups in total. The first-order valence-corrected chi connectivity index (χ1v) is 7.69. The number of furan rings is 1. The number of aliphatic hydroxyl groups is 1. The maximum absolute atomic E-state index is 12.8. The molecular formula is C18H22FNO4. The number of aliphatic hydroxyl groups excluding tert-OH is 1. The van der Waals surface area contributed by atoms with E-state index in [-0.39, 0.29) is 30.1 Å². The molecule has 1 heterocycles. The minimum atomic E-state index is -0.655. The van der Waals surface area contributed by atoms with Crippen LogP contribution in [0.4, 0.5) is 4.39 Å². The van der Waals surface area contributed by atoms with E-state index in [0.29, 0.717) is 11.5 Å². The van der Waals surface area contributed by atoms with Crippen LogP contribution in [-0.2, 0) is 6.61 Å². The van der Waals surface area contributed by atoms with Gasteiger partial charge < -0.3 is 19.6 Å². The second-order valence-corrected chi connectivity index (χ2v) is 6.60. The van der Waals surface area contributed by atoms with Gasteiger partial charge in [0.25, 0.3) is 5.91 Å². The molecule has 6 heteroatoms. The summed E-state index contributed by atoms with van der Waals surface area (Å²) < 4.78 is 23.7. The average Bonchev–Trinajstić information content (AvgIpc) is 3.00. The SMILES string of the molecule is CC(C)(C)C(O)CNC(=O)c1ccc(COc2ccc(F)cc2)o1.